The van der Waals surface area contributed by atoms with E-state index in [0.717, 1.165) is 0 Å². The van der Waals surface area contributed by atoms with Gasteiger partial charge in [0.1, 0.15) is 5.75 Å². The Balaban J connectivity index is 1.59. The lowest BCUT2D eigenvalue weighted by Crippen LogP contribution is -2.25. The Hall–Kier alpha value is -2.77. The summed E-state index contributed by atoms with van der Waals surface area (Å²) < 4.78 is 5.37. The van der Waals surface area contributed by atoms with Crippen LogP contribution < -0.4 is 15.5 Å². The summed E-state index contributed by atoms with van der Waals surface area (Å²) in [6.07, 6.45) is 0. The first-order chi connectivity index (χ1) is 15.7. The van der Waals surface area contributed by atoms with Crippen LogP contribution in [0.15, 0.2) is 65.8 Å². The van der Waals surface area contributed by atoms with Gasteiger partial charge in [0.05, 0.1) is 20.8 Å². The Labute approximate surface area is 210 Å². The molecule has 0 fully saturated rings. The summed E-state index contributed by atoms with van der Waals surface area (Å²) in [5, 5.41) is 8.21. The molecule has 0 heterocycles. The number of nitrogens with one attached hydrogen (secondary N) is 2. The Bertz CT molecular complexity index is 1210. The molecule has 0 saturated heterocycles. The first-order valence-electron chi connectivity index (χ1n) is 9.51. The molecular formula is C23H17Cl4N3O3. The van der Waals surface area contributed by atoms with Crippen LogP contribution in [0.25, 0.3) is 0 Å². The van der Waals surface area contributed by atoms with Crippen molar-refractivity contribution < 1.29 is 14.3 Å². The van der Waals surface area contributed by atoms with Crippen molar-refractivity contribution in [2.45, 2.75) is 6.92 Å². The lowest BCUT2D eigenvalue weighted by molar-refractivity contribution is -0.123. The zero-order valence-electron chi connectivity index (χ0n) is 17.2. The van der Waals surface area contributed by atoms with Gasteiger partial charge in [-0.1, -0.05) is 58.5 Å². The van der Waals surface area contributed by atoms with Crippen LogP contribution in [0.2, 0.25) is 20.1 Å². The fraction of sp³-hybridized carbons (Fsp3) is 0.0870. The van der Waals surface area contributed by atoms with Crippen LogP contribution in [0.3, 0.4) is 0 Å². The molecule has 33 heavy (non-hydrogen) atoms. The molecule has 3 aromatic carbocycles. The number of hydrogen-bond acceptors (Lipinski definition) is 4. The molecule has 0 spiro atoms. The minimum absolute atomic E-state index is 0.228. The topological polar surface area (TPSA) is 79.8 Å². The Morgan fingerprint density at radius 1 is 0.879 bits per heavy atom. The fourth-order valence-corrected chi connectivity index (χ4v) is 3.35. The molecular weight excluding hydrogens is 508 g/mol. The van der Waals surface area contributed by atoms with Crippen LogP contribution in [0.1, 0.15) is 22.8 Å². The first-order valence-corrected chi connectivity index (χ1v) is 11.0. The summed E-state index contributed by atoms with van der Waals surface area (Å²) >= 11 is 23.7. The highest BCUT2D eigenvalue weighted by Gasteiger charge is 2.10. The van der Waals surface area contributed by atoms with Gasteiger partial charge < -0.3 is 10.1 Å². The molecule has 2 amide bonds. The Morgan fingerprint density at radius 2 is 1.58 bits per heavy atom. The molecule has 10 heteroatoms. The van der Waals surface area contributed by atoms with E-state index in [9.17, 15) is 9.59 Å². The van der Waals surface area contributed by atoms with Gasteiger partial charge >= 0.3 is 0 Å². The smallest absolute Gasteiger partial charge is 0.277 e. The average Bonchev–Trinajstić information content (AvgIpc) is 2.79. The molecule has 3 aromatic rings. The molecule has 0 unspecified atom stereocenters. The van der Waals surface area contributed by atoms with E-state index in [2.05, 4.69) is 15.8 Å². The number of hydrogen-bond donors (Lipinski definition) is 2. The van der Waals surface area contributed by atoms with Crippen LogP contribution >= 0.6 is 46.4 Å². The zero-order valence-corrected chi connectivity index (χ0v) is 20.2. The number of ether oxygens (including phenoxy) is 1. The lowest BCUT2D eigenvalue weighted by atomic mass is 10.1. The summed E-state index contributed by atoms with van der Waals surface area (Å²) in [5.41, 5.74) is 4.69. The van der Waals surface area contributed by atoms with Crippen molar-refractivity contribution in [2.75, 3.05) is 11.9 Å². The van der Waals surface area contributed by atoms with Gasteiger partial charge in [-0.3, -0.25) is 9.59 Å². The third-order valence-electron chi connectivity index (χ3n) is 4.33. The van der Waals surface area contributed by atoms with E-state index < -0.39 is 5.91 Å². The predicted molar refractivity (Wildman–Crippen MR) is 133 cm³/mol. The second kappa shape index (κ2) is 11.4. The maximum atomic E-state index is 12.4. The Kier molecular flexibility index (Phi) is 8.58. The van der Waals surface area contributed by atoms with Crippen molar-refractivity contribution >= 4 is 69.6 Å². The number of hydrazone groups is 1. The summed E-state index contributed by atoms with van der Waals surface area (Å²) in [7, 11) is 0. The minimum atomic E-state index is -0.497. The number of halogens is 4. The van der Waals surface area contributed by atoms with Crippen LogP contribution in [0.4, 0.5) is 5.69 Å². The fourth-order valence-electron chi connectivity index (χ4n) is 2.63. The van der Waals surface area contributed by atoms with Crippen molar-refractivity contribution in [3.8, 4) is 5.75 Å². The van der Waals surface area contributed by atoms with E-state index >= 15 is 0 Å². The van der Waals surface area contributed by atoms with Gasteiger partial charge in [-0.05, 0) is 55.0 Å². The number of rotatable bonds is 7. The van der Waals surface area contributed by atoms with Gasteiger partial charge in [-0.2, -0.15) is 5.10 Å². The highest BCUT2D eigenvalue weighted by molar-refractivity contribution is 6.43. The molecule has 2 N–H and O–H groups in total. The Morgan fingerprint density at radius 3 is 2.30 bits per heavy atom. The first kappa shape index (κ1) is 24.9. The largest absolute Gasteiger partial charge is 0.482 e. The van der Waals surface area contributed by atoms with E-state index in [-0.39, 0.29) is 33.3 Å². The summed E-state index contributed by atoms with van der Waals surface area (Å²) in [4.78, 5) is 24.5. The van der Waals surface area contributed by atoms with Crippen LogP contribution in [-0.2, 0) is 4.79 Å². The maximum Gasteiger partial charge on any atom is 0.277 e. The van der Waals surface area contributed by atoms with E-state index in [1.54, 1.807) is 55.5 Å². The van der Waals surface area contributed by atoms with E-state index in [1.807, 2.05) is 0 Å². The monoisotopic (exact) mass is 523 g/mol. The second-order valence-electron chi connectivity index (χ2n) is 6.76. The molecule has 0 bridgehead atoms. The van der Waals surface area contributed by atoms with Gasteiger partial charge in [-0.15, -0.1) is 0 Å². The van der Waals surface area contributed by atoms with Gasteiger partial charge in [0.15, 0.2) is 6.61 Å². The highest BCUT2D eigenvalue weighted by atomic mass is 35.5. The van der Waals surface area contributed by atoms with Gasteiger partial charge in [0, 0.05) is 22.3 Å². The molecule has 0 aliphatic heterocycles. The maximum absolute atomic E-state index is 12.4. The summed E-state index contributed by atoms with van der Waals surface area (Å²) in [6, 6.07) is 16.5. The highest BCUT2D eigenvalue weighted by Crippen LogP contribution is 2.33. The molecule has 6 nitrogen and oxygen atoms in total. The number of nitrogens with zero attached hydrogens (tertiary/aromatic N) is 1. The predicted octanol–water partition coefficient (Wildman–Crippen LogP) is 6.47. The summed E-state index contributed by atoms with van der Waals surface area (Å²) in [6.45, 7) is 1.39. The number of anilines is 1. The third kappa shape index (κ3) is 7.11. The molecule has 0 atom stereocenters. The third-order valence-corrected chi connectivity index (χ3v) is 5.60. The van der Waals surface area contributed by atoms with Crippen molar-refractivity contribution in [3.05, 3.63) is 91.9 Å². The standard InChI is InChI=1S/C23H17Cl4N3O3/c1-13(29-30-22(31)12-33-21-11-19(26)18(25)10-20(21)27)15-3-2-4-17(9-15)28-23(32)14-5-7-16(24)8-6-14/h2-11H,12H2,1H3,(H,28,32)(H,30,31). The van der Waals surface area contributed by atoms with Crippen molar-refractivity contribution in [3.63, 3.8) is 0 Å². The molecule has 170 valence electrons. The van der Waals surface area contributed by atoms with E-state index in [4.69, 9.17) is 51.1 Å². The number of carbonyl (C=O) groups is 2. The van der Waals surface area contributed by atoms with E-state index in [0.29, 0.717) is 27.5 Å². The van der Waals surface area contributed by atoms with Crippen LogP contribution in [0, 0.1) is 0 Å². The van der Waals surface area contributed by atoms with Crippen LogP contribution in [0.5, 0.6) is 5.75 Å². The molecule has 3 rings (SSSR count). The molecule has 0 aromatic heterocycles. The quantitative estimate of drug-likeness (QED) is 0.211. The average molecular weight is 525 g/mol. The van der Waals surface area contributed by atoms with Crippen molar-refractivity contribution in [1.82, 2.24) is 5.43 Å². The molecule has 0 radical (unpaired) electrons. The van der Waals surface area contributed by atoms with Gasteiger partial charge in [-0.25, -0.2) is 5.43 Å². The SMILES string of the molecule is CC(=NNC(=O)COc1cc(Cl)c(Cl)cc1Cl)c1cccc(NC(=O)c2ccc(Cl)cc2)c1. The molecule has 0 saturated carbocycles. The van der Waals surface area contributed by atoms with Crippen LogP contribution in [-0.4, -0.2) is 24.1 Å². The number of carbonyl (C=O) groups excluding carboxylic acids is 2. The molecule has 0 aliphatic rings. The molecule has 0 aliphatic carbocycles. The lowest BCUT2D eigenvalue weighted by Gasteiger charge is -2.09. The minimum Gasteiger partial charge on any atom is -0.482 e. The normalized spacial score (nSPS) is 11.1. The zero-order chi connectivity index (χ0) is 24.0. The van der Waals surface area contributed by atoms with Crippen molar-refractivity contribution in [2.24, 2.45) is 5.10 Å². The number of amides is 2. The summed E-state index contributed by atoms with van der Waals surface area (Å²) in [5.74, 6) is -0.542. The van der Waals surface area contributed by atoms with Crippen molar-refractivity contribution in [1.29, 1.82) is 0 Å². The second-order valence-corrected chi connectivity index (χ2v) is 8.42. The number of benzene rings is 3. The van der Waals surface area contributed by atoms with E-state index in [1.165, 1.54) is 12.1 Å². The van der Waals surface area contributed by atoms with Gasteiger partial charge in [0.2, 0.25) is 0 Å². The van der Waals surface area contributed by atoms with Gasteiger partial charge in [0.25, 0.3) is 11.8 Å².